The first-order valence-electron chi connectivity index (χ1n) is 3.92. The molecular weight excluding hydrogens is 242 g/mol. The Balaban J connectivity index is 0.000000980. The molecule has 0 bridgehead atoms. The van der Waals surface area contributed by atoms with Crippen LogP contribution in [0.4, 0.5) is 0 Å². The summed E-state index contributed by atoms with van der Waals surface area (Å²) in [5.41, 5.74) is 2.71. The van der Waals surface area contributed by atoms with Gasteiger partial charge < -0.3 is 4.40 Å². The standard InChI is InChI=1S/C9H8Cl2N2.ClH/c1-6-8(5-10)13-4-2-3-7(11)9(13)12-6;/h2-4H,5H2,1H3;1H. The van der Waals surface area contributed by atoms with Gasteiger partial charge in [0.2, 0.25) is 0 Å². The van der Waals surface area contributed by atoms with Crippen molar-refractivity contribution in [2.45, 2.75) is 12.8 Å². The van der Waals surface area contributed by atoms with E-state index in [9.17, 15) is 0 Å². The smallest absolute Gasteiger partial charge is 0.156 e. The molecule has 0 saturated heterocycles. The topological polar surface area (TPSA) is 17.3 Å². The molecule has 0 saturated carbocycles. The van der Waals surface area contributed by atoms with E-state index in [1.54, 1.807) is 0 Å². The van der Waals surface area contributed by atoms with Gasteiger partial charge in [-0.2, -0.15) is 0 Å². The summed E-state index contributed by atoms with van der Waals surface area (Å²) in [6, 6.07) is 3.70. The van der Waals surface area contributed by atoms with E-state index in [1.165, 1.54) is 0 Å². The van der Waals surface area contributed by atoms with Crippen LogP contribution in [0, 0.1) is 6.92 Å². The lowest BCUT2D eigenvalue weighted by atomic mass is 10.4. The van der Waals surface area contributed by atoms with Gasteiger partial charge >= 0.3 is 0 Å². The number of rotatable bonds is 1. The highest BCUT2D eigenvalue weighted by Crippen LogP contribution is 2.20. The molecule has 0 aliphatic rings. The lowest BCUT2D eigenvalue weighted by Crippen LogP contribution is -1.90. The lowest BCUT2D eigenvalue weighted by molar-refractivity contribution is 1.07. The number of halogens is 3. The van der Waals surface area contributed by atoms with Gasteiger partial charge in [-0.25, -0.2) is 4.98 Å². The Morgan fingerprint density at radius 1 is 1.50 bits per heavy atom. The summed E-state index contributed by atoms with van der Waals surface area (Å²) in [6.07, 6.45) is 1.92. The van der Waals surface area contributed by atoms with Crippen LogP contribution >= 0.6 is 35.6 Å². The summed E-state index contributed by atoms with van der Waals surface area (Å²) < 4.78 is 1.92. The van der Waals surface area contributed by atoms with Crippen molar-refractivity contribution < 1.29 is 0 Å². The number of alkyl halides is 1. The normalized spacial score (nSPS) is 10.2. The van der Waals surface area contributed by atoms with E-state index in [-0.39, 0.29) is 12.4 Å². The number of hydrogen-bond acceptors (Lipinski definition) is 1. The second-order valence-electron chi connectivity index (χ2n) is 2.83. The van der Waals surface area contributed by atoms with Gasteiger partial charge in [0.05, 0.1) is 22.3 Å². The van der Waals surface area contributed by atoms with Gasteiger partial charge in [-0.05, 0) is 19.1 Å². The maximum atomic E-state index is 5.97. The quantitative estimate of drug-likeness (QED) is 0.710. The lowest BCUT2D eigenvalue weighted by Gasteiger charge is -1.97. The van der Waals surface area contributed by atoms with Crippen LogP contribution in [0.15, 0.2) is 18.3 Å². The van der Waals surface area contributed by atoms with Crippen molar-refractivity contribution >= 4 is 41.3 Å². The molecule has 5 heteroatoms. The van der Waals surface area contributed by atoms with Crippen LogP contribution in [-0.4, -0.2) is 9.38 Å². The highest BCUT2D eigenvalue weighted by molar-refractivity contribution is 6.33. The number of imidazole rings is 1. The first kappa shape index (κ1) is 11.6. The first-order valence-corrected chi connectivity index (χ1v) is 4.83. The number of pyridine rings is 1. The van der Waals surface area contributed by atoms with Gasteiger partial charge in [0.25, 0.3) is 0 Å². The number of nitrogens with zero attached hydrogens (tertiary/aromatic N) is 2. The highest BCUT2D eigenvalue weighted by Gasteiger charge is 2.08. The molecule has 0 aromatic carbocycles. The molecular formula is C9H9Cl3N2. The third-order valence-corrected chi connectivity index (χ3v) is 2.58. The fourth-order valence-electron chi connectivity index (χ4n) is 1.36. The Morgan fingerprint density at radius 2 is 2.21 bits per heavy atom. The minimum atomic E-state index is 0. The molecule has 0 spiro atoms. The molecule has 0 N–H and O–H groups in total. The van der Waals surface area contributed by atoms with Crippen LogP contribution < -0.4 is 0 Å². The molecule has 0 aliphatic carbocycles. The maximum absolute atomic E-state index is 5.97. The average Bonchev–Trinajstić information content (AvgIpc) is 2.43. The Hall–Kier alpha value is -0.440. The summed E-state index contributed by atoms with van der Waals surface area (Å²) in [6.45, 7) is 1.93. The van der Waals surface area contributed by atoms with Gasteiger partial charge in [-0.15, -0.1) is 24.0 Å². The third kappa shape index (κ3) is 1.70. The van der Waals surface area contributed by atoms with Crippen LogP contribution in [-0.2, 0) is 5.88 Å². The van der Waals surface area contributed by atoms with Crippen molar-refractivity contribution in [2.75, 3.05) is 0 Å². The molecule has 0 aliphatic heterocycles. The number of aryl methyl sites for hydroxylation is 1. The summed E-state index contributed by atoms with van der Waals surface area (Å²) >= 11 is 11.8. The summed E-state index contributed by atoms with van der Waals surface area (Å²) in [5, 5.41) is 0.655. The molecule has 2 aromatic rings. The summed E-state index contributed by atoms with van der Waals surface area (Å²) in [7, 11) is 0. The van der Waals surface area contributed by atoms with E-state index in [4.69, 9.17) is 23.2 Å². The third-order valence-electron chi connectivity index (χ3n) is 2.03. The molecule has 0 radical (unpaired) electrons. The number of hydrogen-bond donors (Lipinski definition) is 0. The zero-order chi connectivity index (χ0) is 9.42. The van der Waals surface area contributed by atoms with Crippen molar-refractivity contribution in [3.8, 4) is 0 Å². The molecule has 14 heavy (non-hydrogen) atoms. The molecule has 0 fully saturated rings. The van der Waals surface area contributed by atoms with Crippen molar-refractivity contribution in [3.05, 3.63) is 34.7 Å². The van der Waals surface area contributed by atoms with Crippen LogP contribution in [0.25, 0.3) is 5.65 Å². The zero-order valence-corrected chi connectivity index (χ0v) is 9.83. The highest BCUT2D eigenvalue weighted by atomic mass is 35.5. The number of fused-ring (bicyclic) bond motifs is 1. The largest absolute Gasteiger partial charge is 0.301 e. The maximum Gasteiger partial charge on any atom is 0.156 e. The first-order chi connectivity index (χ1) is 6.24. The SMILES string of the molecule is Cc1nc2c(Cl)cccn2c1CCl.Cl. The van der Waals surface area contributed by atoms with E-state index in [0.29, 0.717) is 10.9 Å². The van der Waals surface area contributed by atoms with Crippen molar-refractivity contribution in [2.24, 2.45) is 0 Å². The minimum Gasteiger partial charge on any atom is -0.301 e. The van der Waals surface area contributed by atoms with Crippen LogP contribution in [0.5, 0.6) is 0 Å². The van der Waals surface area contributed by atoms with Gasteiger partial charge in [0, 0.05) is 6.20 Å². The Kier molecular flexibility index (Phi) is 3.65. The molecule has 0 amide bonds. The summed E-state index contributed by atoms with van der Waals surface area (Å²) in [4.78, 5) is 4.33. The van der Waals surface area contributed by atoms with E-state index in [0.717, 1.165) is 17.0 Å². The fourth-order valence-corrected chi connectivity index (χ4v) is 1.89. The van der Waals surface area contributed by atoms with E-state index in [2.05, 4.69) is 4.98 Å². The molecule has 2 rings (SSSR count). The zero-order valence-electron chi connectivity index (χ0n) is 7.50. The Bertz CT molecular complexity index is 450. The van der Waals surface area contributed by atoms with Gasteiger partial charge in [0.15, 0.2) is 5.65 Å². The molecule has 2 nitrogen and oxygen atoms in total. The predicted molar refractivity (Wildman–Crippen MR) is 61.7 cm³/mol. The molecule has 2 heterocycles. The van der Waals surface area contributed by atoms with Crippen LogP contribution in [0.2, 0.25) is 5.02 Å². The van der Waals surface area contributed by atoms with E-state index >= 15 is 0 Å². The predicted octanol–water partition coefficient (Wildman–Crippen LogP) is 3.46. The number of aromatic nitrogens is 2. The van der Waals surface area contributed by atoms with Gasteiger partial charge in [-0.1, -0.05) is 11.6 Å². The van der Waals surface area contributed by atoms with Crippen LogP contribution in [0.1, 0.15) is 11.4 Å². The van der Waals surface area contributed by atoms with E-state index < -0.39 is 0 Å². The molecule has 0 unspecified atom stereocenters. The molecule has 0 atom stereocenters. The minimum absolute atomic E-state index is 0. The second kappa shape index (κ2) is 4.39. The van der Waals surface area contributed by atoms with E-state index in [1.807, 2.05) is 29.7 Å². The van der Waals surface area contributed by atoms with Crippen molar-refractivity contribution in [1.29, 1.82) is 0 Å². The van der Waals surface area contributed by atoms with Gasteiger partial charge in [-0.3, -0.25) is 0 Å². The molecule has 76 valence electrons. The Labute approximate surface area is 98.3 Å². The summed E-state index contributed by atoms with van der Waals surface area (Å²) in [5.74, 6) is 0.452. The average molecular weight is 252 g/mol. The van der Waals surface area contributed by atoms with Gasteiger partial charge in [0.1, 0.15) is 0 Å². The van der Waals surface area contributed by atoms with Crippen molar-refractivity contribution in [3.63, 3.8) is 0 Å². The van der Waals surface area contributed by atoms with Crippen LogP contribution in [0.3, 0.4) is 0 Å². The monoisotopic (exact) mass is 250 g/mol. The Morgan fingerprint density at radius 3 is 2.86 bits per heavy atom. The fraction of sp³-hybridized carbons (Fsp3) is 0.222. The molecule has 2 aromatic heterocycles. The second-order valence-corrected chi connectivity index (χ2v) is 3.50. The van der Waals surface area contributed by atoms with Crippen molar-refractivity contribution in [1.82, 2.24) is 9.38 Å².